The van der Waals surface area contributed by atoms with Crippen LogP contribution in [-0.4, -0.2) is 47.4 Å². The smallest absolute Gasteiger partial charge is 0.268 e. The Kier molecular flexibility index (Phi) is 5.04. The van der Waals surface area contributed by atoms with Crippen molar-refractivity contribution in [1.82, 2.24) is 14.7 Å². The highest BCUT2D eigenvalue weighted by molar-refractivity contribution is 5.43. The Morgan fingerprint density at radius 2 is 2.00 bits per heavy atom. The Morgan fingerprint density at radius 1 is 1.25 bits per heavy atom. The van der Waals surface area contributed by atoms with E-state index < -0.39 is 0 Å². The van der Waals surface area contributed by atoms with Crippen molar-refractivity contribution < 1.29 is 4.42 Å². The minimum atomic E-state index is -0.0579. The molecule has 0 radical (unpaired) electrons. The summed E-state index contributed by atoms with van der Waals surface area (Å²) in [7, 11) is 1.67. The largest absolute Gasteiger partial charge is 0.466 e. The van der Waals surface area contributed by atoms with E-state index >= 15 is 0 Å². The van der Waals surface area contributed by atoms with Gasteiger partial charge < -0.3 is 9.32 Å². The molecule has 0 saturated carbocycles. The fourth-order valence-corrected chi connectivity index (χ4v) is 3.10. The molecule has 6 heteroatoms. The lowest BCUT2D eigenvalue weighted by atomic mass is 10.0. The van der Waals surface area contributed by atoms with Crippen molar-refractivity contribution in [2.24, 2.45) is 7.05 Å². The Balaban J connectivity index is 1.48. The topological polar surface area (TPSA) is 54.5 Å². The highest BCUT2D eigenvalue weighted by atomic mass is 16.3. The van der Waals surface area contributed by atoms with Crippen LogP contribution in [0.3, 0.4) is 0 Å². The van der Waals surface area contributed by atoms with Crippen molar-refractivity contribution in [3.05, 3.63) is 46.3 Å². The number of hydrogen-bond donors (Lipinski definition) is 0. The van der Waals surface area contributed by atoms with Crippen LogP contribution >= 0.6 is 0 Å². The van der Waals surface area contributed by atoms with E-state index in [0.29, 0.717) is 5.92 Å². The van der Waals surface area contributed by atoms with Crippen LogP contribution in [0.5, 0.6) is 0 Å². The van der Waals surface area contributed by atoms with Crippen LogP contribution in [0.2, 0.25) is 0 Å². The maximum Gasteiger partial charge on any atom is 0.268 e. The van der Waals surface area contributed by atoms with Gasteiger partial charge in [-0.15, -0.1) is 0 Å². The number of aromatic nitrogens is 2. The molecule has 6 nitrogen and oxygen atoms in total. The quantitative estimate of drug-likeness (QED) is 0.839. The molecule has 0 spiro atoms. The van der Waals surface area contributed by atoms with E-state index in [0.717, 1.165) is 56.4 Å². The van der Waals surface area contributed by atoms with Gasteiger partial charge in [0.1, 0.15) is 11.5 Å². The molecule has 3 rings (SSSR count). The van der Waals surface area contributed by atoms with Gasteiger partial charge in [-0.1, -0.05) is 6.92 Å². The van der Waals surface area contributed by atoms with Crippen molar-refractivity contribution >= 4 is 5.69 Å². The molecule has 130 valence electrons. The molecule has 0 aromatic carbocycles. The minimum absolute atomic E-state index is 0.0579. The van der Waals surface area contributed by atoms with Crippen LogP contribution in [0.4, 0.5) is 5.69 Å². The summed E-state index contributed by atoms with van der Waals surface area (Å²) >= 11 is 0. The zero-order valence-corrected chi connectivity index (χ0v) is 14.7. The van der Waals surface area contributed by atoms with Gasteiger partial charge in [0.25, 0.3) is 5.56 Å². The van der Waals surface area contributed by atoms with Crippen LogP contribution in [0.25, 0.3) is 0 Å². The van der Waals surface area contributed by atoms with Crippen molar-refractivity contribution in [3.8, 4) is 0 Å². The number of furan rings is 1. The first-order chi connectivity index (χ1) is 11.5. The van der Waals surface area contributed by atoms with E-state index in [1.165, 1.54) is 4.68 Å². The summed E-state index contributed by atoms with van der Waals surface area (Å²) in [5, 5.41) is 4.11. The molecule has 0 N–H and O–H groups in total. The van der Waals surface area contributed by atoms with E-state index in [1.807, 2.05) is 13.0 Å². The molecule has 1 unspecified atom stereocenters. The molecule has 0 bridgehead atoms. The molecule has 0 amide bonds. The third-order valence-corrected chi connectivity index (χ3v) is 4.82. The molecule has 2 aromatic rings. The summed E-state index contributed by atoms with van der Waals surface area (Å²) in [4.78, 5) is 16.4. The number of nitrogens with zero attached hydrogens (tertiary/aromatic N) is 4. The maximum atomic E-state index is 11.7. The van der Waals surface area contributed by atoms with Gasteiger partial charge in [0.15, 0.2) is 0 Å². The third-order valence-electron chi connectivity index (χ3n) is 4.82. The number of hydrogen-bond acceptors (Lipinski definition) is 5. The highest BCUT2D eigenvalue weighted by Gasteiger charge is 2.19. The molecular weight excluding hydrogens is 304 g/mol. The first-order valence-electron chi connectivity index (χ1n) is 8.60. The Morgan fingerprint density at radius 3 is 2.62 bits per heavy atom. The summed E-state index contributed by atoms with van der Waals surface area (Å²) in [6.07, 6.45) is 2.87. The van der Waals surface area contributed by atoms with E-state index in [-0.39, 0.29) is 5.56 Å². The van der Waals surface area contributed by atoms with E-state index in [2.05, 4.69) is 27.9 Å². The molecule has 1 atom stereocenters. The number of aryl methyl sites for hydroxylation is 2. The van der Waals surface area contributed by atoms with Crippen LogP contribution < -0.4 is 10.5 Å². The lowest BCUT2D eigenvalue weighted by molar-refractivity contribution is 0.246. The lowest BCUT2D eigenvalue weighted by Gasteiger charge is -2.36. The summed E-state index contributed by atoms with van der Waals surface area (Å²) in [6.45, 7) is 9.18. The van der Waals surface area contributed by atoms with Crippen molar-refractivity contribution in [2.45, 2.75) is 26.2 Å². The van der Waals surface area contributed by atoms with Gasteiger partial charge in [0.2, 0.25) is 0 Å². The van der Waals surface area contributed by atoms with Gasteiger partial charge in [0.05, 0.1) is 11.9 Å². The second-order valence-electron chi connectivity index (χ2n) is 6.64. The zero-order valence-electron chi connectivity index (χ0n) is 14.7. The monoisotopic (exact) mass is 330 g/mol. The van der Waals surface area contributed by atoms with Crippen molar-refractivity contribution in [1.29, 1.82) is 0 Å². The second-order valence-corrected chi connectivity index (χ2v) is 6.64. The number of piperazine rings is 1. The van der Waals surface area contributed by atoms with Gasteiger partial charge in [-0.05, 0) is 32.0 Å². The second kappa shape index (κ2) is 7.21. The van der Waals surface area contributed by atoms with Crippen LogP contribution in [0, 0.1) is 6.92 Å². The molecule has 1 aliphatic rings. The number of rotatable bonds is 5. The van der Waals surface area contributed by atoms with Gasteiger partial charge in [-0.25, -0.2) is 4.68 Å². The molecule has 1 fully saturated rings. The normalized spacial score (nSPS) is 17.2. The van der Waals surface area contributed by atoms with Gasteiger partial charge >= 0.3 is 0 Å². The standard InChI is InChI=1S/C18H26N4O2/c1-14(17-5-4-15(2)24-17)6-7-21-8-10-22(11-9-21)16-12-18(23)20(3)19-13-16/h4-5,12-14H,6-11H2,1-3H3. The molecule has 1 aliphatic heterocycles. The highest BCUT2D eigenvalue weighted by Crippen LogP contribution is 2.22. The van der Waals surface area contributed by atoms with Crippen LogP contribution in [-0.2, 0) is 7.05 Å². The predicted molar refractivity (Wildman–Crippen MR) is 94.6 cm³/mol. The molecule has 24 heavy (non-hydrogen) atoms. The average Bonchev–Trinajstić information content (AvgIpc) is 3.02. The van der Waals surface area contributed by atoms with Crippen molar-refractivity contribution in [2.75, 3.05) is 37.6 Å². The van der Waals surface area contributed by atoms with E-state index in [9.17, 15) is 4.79 Å². The lowest BCUT2D eigenvalue weighted by Crippen LogP contribution is -2.47. The van der Waals surface area contributed by atoms with Gasteiger partial charge in [0, 0.05) is 45.2 Å². The van der Waals surface area contributed by atoms with E-state index in [4.69, 9.17) is 4.42 Å². The Labute approximate surface area is 142 Å². The molecule has 1 saturated heterocycles. The summed E-state index contributed by atoms with van der Waals surface area (Å²) in [6, 6.07) is 5.79. The first kappa shape index (κ1) is 16.8. The van der Waals surface area contributed by atoms with Crippen molar-refractivity contribution in [3.63, 3.8) is 0 Å². The predicted octanol–water partition coefficient (Wildman–Crippen LogP) is 2.00. The summed E-state index contributed by atoms with van der Waals surface area (Å²) < 4.78 is 7.07. The fourth-order valence-electron chi connectivity index (χ4n) is 3.10. The molecule has 0 aliphatic carbocycles. The fraction of sp³-hybridized carbons (Fsp3) is 0.556. The molecular formula is C18H26N4O2. The Bertz CT molecular complexity index is 729. The summed E-state index contributed by atoms with van der Waals surface area (Å²) in [5.74, 6) is 2.50. The first-order valence-corrected chi connectivity index (χ1v) is 8.60. The summed E-state index contributed by atoms with van der Waals surface area (Å²) in [5.41, 5.74) is 0.870. The SMILES string of the molecule is Cc1ccc(C(C)CCN2CCN(c3cnn(C)c(=O)c3)CC2)o1. The zero-order chi connectivity index (χ0) is 17.1. The van der Waals surface area contributed by atoms with Crippen LogP contribution in [0.15, 0.2) is 33.6 Å². The van der Waals surface area contributed by atoms with Crippen LogP contribution in [0.1, 0.15) is 30.8 Å². The maximum absolute atomic E-state index is 11.7. The Hall–Kier alpha value is -2.08. The molecule has 3 heterocycles. The van der Waals surface area contributed by atoms with E-state index in [1.54, 1.807) is 19.3 Å². The van der Waals surface area contributed by atoms with Gasteiger partial charge in [-0.3, -0.25) is 9.69 Å². The third kappa shape index (κ3) is 3.87. The minimum Gasteiger partial charge on any atom is -0.466 e. The van der Waals surface area contributed by atoms with Gasteiger partial charge in [-0.2, -0.15) is 5.10 Å². The molecule has 2 aromatic heterocycles. The average molecular weight is 330 g/mol. The number of anilines is 1.